The Morgan fingerprint density at radius 2 is 1.78 bits per heavy atom. The maximum atomic E-state index is 12.1. The van der Waals surface area contributed by atoms with Gasteiger partial charge in [-0.3, -0.25) is 4.79 Å². The third-order valence-electron chi connectivity index (χ3n) is 7.19. The number of tetrazole rings is 1. The highest BCUT2D eigenvalue weighted by atomic mass is 32.2. The first kappa shape index (κ1) is 32.1. The molecular formula is C32H36N6O6S. The van der Waals surface area contributed by atoms with Crippen LogP contribution in [-0.2, 0) is 39.2 Å². The number of aryl methyl sites for hydroxylation is 1. The number of nitrogens with one attached hydrogen (secondary N) is 2. The van der Waals surface area contributed by atoms with Crippen LogP contribution >= 0.6 is 11.8 Å². The van der Waals surface area contributed by atoms with Crippen LogP contribution in [0.4, 0.5) is 4.79 Å². The van der Waals surface area contributed by atoms with Crippen molar-refractivity contribution in [2.75, 3.05) is 18.9 Å². The highest BCUT2D eigenvalue weighted by Crippen LogP contribution is 2.39. The molecule has 3 aromatic carbocycles. The van der Waals surface area contributed by atoms with E-state index in [9.17, 15) is 14.7 Å². The van der Waals surface area contributed by atoms with Crippen molar-refractivity contribution in [1.82, 2.24) is 30.8 Å². The minimum atomic E-state index is -0.581. The molecule has 0 saturated carbocycles. The molecule has 1 aliphatic rings. The van der Waals surface area contributed by atoms with E-state index in [1.165, 1.54) is 11.8 Å². The summed E-state index contributed by atoms with van der Waals surface area (Å²) < 4.78 is 19.4. The first-order chi connectivity index (χ1) is 21.9. The van der Waals surface area contributed by atoms with Gasteiger partial charge in [0.15, 0.2) is 6.29 Å². The van der Waals surface area contributed by atoms with Crippen molar-refractivity contribution < 1.29 is 28.9 Å². The van der Waals surface area contributed by atoms with E-state index < -0.39 is 18.3 Å². The quantitative estimate of drug-likeness (QED) is 0.154. The molecule has 236 valence electrons. The van der Waals surface area contributed by atoms with Gasteiger partial charge in [0.25, 0.3) is 0 Å². The van der Waals surface area contributed by atoms with Crippen LogP contribution in [0, 0.1) is 0 Å². The van der Waals surface area contributed by atoms with Gasteiger partial charge >= 0.3 is 12.0 Å². The van der Waals surface area contributed by atoms with Crippen molar-refractivity contribution >= 4 is 23.8 Å². The monoisotopic (exact) mass is 632 g/mol. The van der Waals surface area contributed by atoms with E-state index in [1.807, 2.05) is 72.8 Å². The van der Waals surface area contributed by atoms with Crippen LogP contribution in [0.5, 0.6) is 0 Å². The smallest absolute Gasteiger partial charge is 0.325 e. The van der Waals surface area contributed by atoms with Crippen LogP contribution in [0.25, 0.3) is 11.1 Å². The Morgan fingerprint density at radius 1 is 1.00 bits per heavy atom. The third kappa shape index (κ3) is 8.88. The predicted molar refractivity (Wildman–Crippen MR) is 167 cm³/mol. The molecule has 1 saturated heterocycles. The molecule has 0 spiro atoms. The molecule has 1 aliphatic heterocycles. The van der Waals surface area contributed by atoms with E-state index in [-0.39, 0.29) is 32.0 Å². The molecule has 2 amide bonds. The number of thioether (sulfide) groups is 1. The van der Waals surface area contributed by atoms with Gasteiger partial charge in [-0.15, -0.1) is 5.10 Å². The third-order valence-corrected chi connectivity index (χ3v) is 8.33. The van der Waals surface area contributed by atoms with Crippen molar-refractivity contribution in [2.45, 2.75) is 50.2 Å². The maximum absolute atomic E-state index is 12.1. The summed E-state index contributed by atoms with van der Waals surface area (Å²) in [5, 5.41) is 27.1. The van der Waals surface area contributed by atoms with E-state index >= 15 is 0 Å². The van der Waals surface area contributed by atoms with Crippen molar-refractivity contribution in [3.8, 4) is 11.1 Å². The number of aliphatic hydroxyl groups excluding tert-OH is 1. The van der Waals surface area contributed by atoms with Crippen LogP contribution in [0.15, 0.2) is 78.0 Å². The molecular weight excluding hydrogens is 596 g/mol. The second-order valence-electron chi connectivity index (χ2n) is 10.4. The summed E-state index contributed by atoms with van der Waals surface area (Å²) in [6, 6.07) is 23.3. The summed E-state index contributed by atoms with van der Waals surface area (Å²) in [4.78, 5) is 23.5. The Labute approximate surface area is 265 Å². The molecule has 4 aromatic rings. The summed E-state index contributed by atoms with van der Waals surface area (Å²) in [5.74, 6) is 0.169. The maximum Gasteiger partial charge on any atom is 0.325 e. The SMILES string of the molecule is CCOC(=O)CNC(=O)NCc1cccc(-c2ccc([C@H]3O[C@@H](CSc4nnnn4C)C[C@@H](c4ccc(CO)cc4)O3)cc2)c1. The lowest BCUT2D eigenvalue weighted by Gasteiger charge is -2.36. The fourth-order valence-corrected chi connectivity index (χ4v) is 5.70. The number of carbonyl (C=O) groups excluding carboxylic acids is 2. The van der Waals surface area contributed by atoms with Crippen molar-refractivity contribution in [3.63, 3.8) is 0 Å². The fourth-order valence-electron chi connectivity index (χ4n) is 4.84. The molecule has 1 fully saturated rings. The van der Waals surface area contributed by atoms with Crippen LogP contribution < -0.4 is 10.6 Å². The van der Waals surface area contributed by atoms with Crippen molar-refractivity contribution in [2.24, 2.45) is 7.05 Å². The number of nitrogens with zero attached hydrogens (tertiary/aromatic N) is 4. The molecule has 45 heavy (non-hydrogen) atoms. The molecule has 0 bridgehead atoms. The molecule has 3 N–H and O–H groups in total. The molecule has 2 heterocycles. The van der Waals surface area contributed by atoms with Gasteiger partial charge in [0.05, 0.1) is 25.4 Å². The van der Waals surface area contributed by atoms with E-state index in [0.717, 1.165) is 33.4 Å². The Hall–Kier alpha value is -4.30. The molecule has 12 nitrogen and oxygen atoms in total. The van der Waals surface area contributed by atoms with Crippen molar-refractivity contribution in [1.29, 1.82) is 0 Å². The first-order valence-corrected chi connectivity index (χ1v) is 15.6. The minimum absolute atomic E-state index is 0.0131. The number of hydrogen-bond acceptors (Lipinski definition) is 10. The van der Waals surface area contributed by atoms with Gasteiger partial charge in [-0.05, 0) is 51.2 Å². The molecule has 13 heteroatoms. The normalized spacial score (nSPS) is 17.9. The van der Waals surface area contributed by atoms with E-state index in [1.54, 1.807) is 18.7 Å². The largest absolute Gasteiger partial charge is 0.465 e. The molecule has 1 aromatic heterocycles. The molecule has 0 aliphatic carbocycles. The van der Waals surface area contributed by atoms with E-state index in [4.69, 9.17) is 14.2 Å². The number of urea groups is 1. The van der Waals surface area contributed by atoms with Crippen LogP contribution in [0.2, 0.25) is 0 Å². The topological polar surface area (TPSA) is 150 Å². The number of carbonyl (C=O) groups is 2. The average Bonchev–Trinajstić information content (AvgIpc) is 3.50. The Balaban J connectivity index is 1.25. The average molecular weight is 633 g/mol. The zero-order valence-corrected chi connectivity index (χ0v) is 25.9. The molecule has 5 rings (SSSR count). The van der Waals surface area contributed by atoms with Gasteiger partial charge in [-0.25, -0.2) is 9.48 Å². The van der Waals surface area contributed by atoms with Gasteiger partial charge < -0.3 is 30.0 Å². The number of rotatable bonds is 12. The highest BCUT2D eigenvalue weighted by molar-refractivity contribution is 7.99. The number of aromatic nitrogens is 4. The summed E-state index contributed by atoms with van der Waals surface area (Å²) in [5.41, 5.74) is 5.66. The van der Waals surface area contributed by atoms with Gasteiger partial charge in [0.2, 0.25) is 5.16 Å². The van der Waals surface area contributed by atoms with Gasteiger partial charge in [-0.2, -0.15) is 0 Å². The van der Waals surface area contributed by atoms with Gasteiger partial charge in [0.1, 0.15) is 6.54 Å². The number of aliphatic hydroxyl groups is 1. The minimum Gasteiger partial charge on any atom is -0.465 e. The second-order valence-corrected chi connectivity index (χ2v) is 11.4. The summed E-state index contributed by atoms with van der Waals surface area (Å²) >= 11 is 1.54. The highest BCUT2D eigenvalue weighted by Gasteiger charge is 2.32. The Kier molecular flexibility index (Phi) is 11.1. The Bertz CT molecular complexity index is 1570. The van der Waals surface area contributed by atoms with Crippen LogP contribution in [-0.4, -0.2) is 62.3 Å². The Morgan fingerprint density at radius 3 is 2.49 bits per heavy atom. The predicted octanol–water partition coefficient (Wildman–Crippen LogP) is 4.07. The number of benzene rings is 3. The van der Waals surface area contributed by atoms with Crippen molar-refractivity contribution in [3.05, 3.63) is 95.1 Å². The van der Waals surface area contributed by atoms with E-state index in [2.05, 4.69) is 26.2 Å². The number of esters is 1. The lowest BCUT2D eigenvalue weighted by molar-refractivity contribution is -0.245. The number of ether oxygens (including phenoxy) is 3. The first-order valence-electron chi connectivity index (χ1n) is 14.6. The lowest BCUT2D eigenvalue weighted by Crippen LogP contribution is -2.38. The fraction of sp³-hybridized carbons (Fsp3) is 0.344. The molecule has 0 unspecified atom stereocenters. The van der Waals surface area contributed by atoms with Gasteiger partial charge in [-0.1, -0.05) is 78.5 Å². The number of hydrogen-bond donors (Lipinski definition) is 3. The molecule has 3 atom stereocenters. The zero-order chi connectivity index (χ0) is 31.6. The summed E-state index contributed by atoms with van der Waals surface area (Å²) in [7, 11) is 1.81. The summed E-state index contributed by atoms with van der Waals surface area (Å²) in [6.45, 7) is 2.08. The lowest BCUT2D eigenvalue weighted by atomic mass is 9.99. The van der Waals surface area contributed by atoms with Crippen LogP contribution in [0.1, 0.15) is 48.0 Å². The zero-order valence-electron chi connectivity index (χ0n) is 25.1. The summed E-state index contributed by atoms with van der Waals surface area (Å²) in [6.07, 6.45) is -0.237. The van der Waals surface area contributed by atoms with Gasteiger partial charge in [0, 0.05) is 31.3 Å². The second kappa shape index (κ2) is 15.6. The number of amides is 2. The van der Waals surface area contributed by atoms with Crippen LogP contribution in [0.3, 0.4) is 0 Å². The molecule has 0 radical (unpaired) electrons. The van der Waals surface area contributed by atoms with E-state index in [0.29, 0.717) is 23.9 Å². The standard InChI is InChI=1S/C32H36N6O6S/c1-3-42-29(40)18-34-31(41)33-17-22-5-4-6-26(15-22)23-11-13-25(14-12-23)30-43-27(20-45-32-35-36-37-38(32)2)16-28(44-30)24-9-7-21(19-39)8-10-24/h4-15,27-28,30,39H,3,16-20H2,1-2H3,(H2,33,34,41)/t27-,28+,30+/m1/s1.